The average molecular weight is 632 g/mol. The third kappa shape index (κ3) is 6.46. The van der Waals surface area contributed by atoms with Gasteiger partial charge in [-0.3, -0.25) is 9.59 Å². The Morgan fingerprint density at radius 3 is 2.00 bits per heavy atom. The van der Waals surface area contributed by atoms with Crippen LogP contribution < -0.4 is 4.90 Å². The second-order valence-corrected chi connectivity index (χ2v) is 11.6. The van der Waals surface area contributed by atoms with Crippen LogP contribution in [0.1, 0.15) is 41.6 Å². The Morgan fingerprint density at radius 1 is 0.930 bits per heavy atom. The van der Waals surface area contributed by atoms with Gasteiger partial charge in [0.1, 0.15) is 0 Å². The molecule has 0 spiro atoms. The van der Waals surface area contributed by atoms with Gasteiger partial charge in [0.05, 0.1) is 17.2 Å². The molecule has 236 valence electrons. The number of halogens is 6. The molecule has 4 rings (SSSR count). The second-order valence-electron chi connectivity index (χ2n) is 11.2. The summed E-state index contributed by atoms with van der Waals surface area (Å²) in [5.74, 6) is -7.24. The summed E-state index contributed by atoms with van der Waals surface area (Å²) in [6.07, 6.45) is -3.70. The lowest BCUT2D eigenvalue weighted by atomic mass is 9.78. The van der Waals surface area contributed by atoms with Gasteiger partial charge < -0.3 is 24.9 Å². The summed E-state index contributed by atoms with van der Waals surface area (Å²) in [4.78, 5) is 30.2. The molecule has 7 nitrogen and oxygen atoms in total. The first-order valence-electron chi connectivity index (χ1n) is 14.1. The maximum Gasteiger partial charge on any atom is 0.457 e. The fourth-order valence-electron chi connectivity index (χ4n) is 6.09. The van der Waals surface area contributed by atoms with Gasteiger partial charge in [-0.15, -0.1) is 0 Å². The largest absolute Gasteiger partial charge is 0.457 e. The maximum absolute atomic E-state index is 14.7. The van der Waals surface area contributed by atoms with Gasteiger partial charge in [-0.2, -0.15) is 22.0 Å². The standard InChI is InChI=1S/C30H35ClF5N3O4/c1-37(17-18-40)26(41)24-8-7-23(19-25(24)31)38-13-9-20(10-14-38)21-11-15-39(16-12-21)27(42)28(43,22-5-3-2-4-6-22)29(32,33)30(34,35)36/h2-8,19-21,40,43H,9-18H2,1H3. The Labute approximate surface area is 251 Å². The lowest BCUT2D eigenvalue weighted by Gasteiger charge is -2.43. The van der Waals surface area contributed by atoms with Crippen LogP contribution in [0.5, 0.6) is 0 Å². The molecule has 2 saturated heterocycles. The molecule has 0 radical (unpaired) electrons. The minimum atomic E-state index is -6.14. The number of aliphatic hydroxyl groups excluding tert-OH is 1. The predicted octanol–water partition coefficient (Wildman–Crippen LogP) is 4.94. The number of rotatable bonds is 8. The zero-order valence-electron chi connectivity index (χ0n) is 23.7. The Hall–Kier alpha value is -2.96. The average Bonchev–Trinajstić information content (AvgIpc) is 3.00. The van der Waals surface area contributed by atoms with E-state index in [0.717, 1.165) is 35.6 Å². The van der Waals surface area contributed by atoms with E-state index in [1.165, 1.54) is 23.1 Å². The quantitative estimate of drug-likeness (QED) is 0.403. The lowest BCUT2D eigenvalue weighted by molar-refractivity contribution is -0.339. The summed E-state index contributed by atoms with van der Waals surface area (Å²) in [5.41, 5.74) is -3.70. The first-order valence-corrected chi connectivity index (χ1v) is 14.5. The number of carbonyl (C=O) groups is 2. The molecular weight excluding hydrogens is 597 g/mol. The van der Waals surface area contributed by atoms with Gasteiger partial charge in [0.25, 0.3) is 11.8 Å². The van der Waals surface area contributed by atoms with Crippen molar-refractivity contribution >= 4 is 29.1 Å². The second kappa shape index (κ2) is 13.0. The third-order valence-corrected chi connectivity index (χ3v) is 8.99. The summed E-state index contributed by atoms with van der Waals surface area (Å²) >= 11 is 6.41. The Kier molecular flexibility index (Phi) is 9.92. The number of likely N-dealkylation sites (tertiary alicyclic amines) is 1. The Morgan fingerprint density at radius 2 is 1.49 bits per heavy atom. The molecule has 2 aromatic carbocycles. The molecule has 0 saturated carbocycles. The number of likely N-dealkylation sites (N-methyl/N-ethyl adjacent to an activating group) is 1. The van der Waals surface area contributed by atoms with E-state index < -0.39 is 29.2 Å². The van der Waals surface area contributed by atoms with E-state index in [1.54, 1.807) is 19.2 Å². The normalized spacial score (nSPS) is 18.8. The number of amides is 2. The van der Waals surface area contributed by atoms with Crippen LogP contribution in [-0.4, -0.2) is 90.3 Å². The molecule has 0 aliphatic carbocycles. The number of aliphatic hydroxyl groups is 2. The predicted molar refractivity (Wildman–Crippen MR) is 151 cm³/mol. The molecule has 13 heteroatoms. The monoisotopic (exact) mass is 631 g/mol. The van der Waals surface area contributed by atoms with Crippen molar-refractivity contribution in [2.45, 2.75) is 43.4 Å². The molecule has 2 fully saturated rings. The molecule has 0 bridgehead atoms. The zero-order valence-corrected chi connectivity index (χ0v) is 24.4. The smallest absolute Gasteiger partial charge is 0.395 e. The van der Waals surface area contributed by atoms with Crippen LogP contribution in [0.15, 0.2) is 48.5 Å². The van der Waals surface area contributed by atoms with E-state index in [2.05, 4.69) is 4.90 Å². The van der Waals surface area contributed by atoms with Crippen molar-refractivity contribution in [3.8, 4) is 0 Å². The molecule has 43 heavy (non-hydrogen) atoms. The van der Waals surface area contributed by atoms with E-state index in [4.69, 9.17) is 16.7 Å². The van der Waals surface area contributed by atoms with E-state index in [1.807, 2.05) is 6.07 Å². The highest BCUT2D eigenvalue weighted by molar-refractivity contribution is 6.34. The highest BCUT2D eigenvalue weighted by atomic mass is 35.5. The number of piperidine rings is 2. The van der Waals surface area contributed by atoms with Crippen molar-refractivity contribution in [3.05, 3.63) is 64.7 Å². The van der Waals surface area contributed by atoms with Crippen LogP contribution in [0, 0.1) is 11.8 Å². The number of nitrogens with zero attached hydrogens (tertiary/aromatic N) is 3. The van der Waals surface area contributed by atoms with Gasteiger partial charge in [-0.25, -0.2) is 0 Å². The molecule has 1 unspecified atom stereocenters. The van der Waals surface area contributed by atoms with Crippen LogP contribution in [0.3, 0.4) is 0 Å². The molecule has 2 aliphatic rings. The van der Waals surface area contributed by atoms with Crippen LogP contribution >= 0.6 is 11.6 Å². The van der Waals surface area contributed by atoms with Crippen LogP contribution in [0.2, 0.25) is 5.02 Å². The van der Waals surface area contributed by atoms with Gasteiger partial charge in [-0.05, 0) is 61.3 Å². The van der Waals surface area contributed by atoms with Crippen molar-refractivity contribution < 1.29 is 41.8 Å². The summed E-state index contributed by atoms with van der Waals surface area (Å²) in [5, 5.41) is 20.2. The maximum atomic E-state index is 14.7. The van der Waals surface area contributed by atoms with E-state index >= 15 is 0 Å². The molecule has 2 aromatic rings. The Balaban J connectivity index is 1.37. The highest BCUT2D eigenvalue weighted by Crippen LogP contribution is 2.49. The fourth-order valence-corrected chi connectivity index (χ4v) is 6.34. The van der Waals surface area contributed by atoms with Crippen LogP contribution in [-0.2, 0) is 10.4 Å². The Bertz CT molecular complexity index is 1280. The van der Waals surface area contributed by atoms with E-state index in [-0.39, 0.29) is 44.0 Å². The van der Waals surface area contributed by atoms with Gasteiger partial charge in [0.15, 0.2) is 0 Å². The summed E-state index contributed by atoms with van der Waals surface area (Å²) in [6, 6.07) is 10.8. The summed E-state index contributed by atoms with van der Waals surface area (Å²) in [7, 11) is 1.58. The van der Waals surface area contributed by atoms with Crippen LogP contribution in [0.4, 0.5) is 27.6 Å². The number of alkyl halides is 5. The number of benzene rings is 2. The minimum Gasteiger partial charge on any atom is -0.395 e. The zero-order chi connectivity index (χ0) is 31.6. The van der Waals surface area contributed by atoms with Crippen molar-refractivity contribution in [1.82, 2.24) is 9.80 Å². The molecule has 2 amide bonds. The number of anilines is 1. The highest BCUT2D eigenvalue weighted by Gasteiger charge is 2.74. The molecule has 1 atom stereocenters. The van der Waals surface area contributed by atoms with E-state index in [9.17, 15) is 36.6 Å². The summed E-state index contributed by atoms with van der Waals surface area (Å²) in [6.45, 7) is 1.34. The van der Waals surface area contributed by atoms with Gasteiger partial charge in [0, 0.05) is 45.5 Å². The third-order valence-electron chi connectivity index (χ3n) is 8.67. The number of hydrogen-bond donors (Lipinski definition) is 2. The van der Waals surface area contributed by atoms with Crippen molar-refractivity contribution in [1.29, 1.82) is 0 Å². The van der Waals surface area contributed by atoms with E-state index in [0.29, 0.717) is 36.5 Å². The van der Waals surface area contributed by atoms with Crippen molar-refractivity contribution in [2.24, 2.45) is 11.8 Å². The van der Waals surface area contributed by atoms with Gasteiger partial charge >= 0.3 is 12.1 Å². The van der Waals surface area contributed by atoms with Gasteiger partial charge in [-0.1, -0.05) is 41.9 Å². The van der Waals surface area contributed by atoms with Crippen LogP contribution in [0.25, 0.3) is 0 Å². The molecule has 2 heterocycles. The van der Waals surface area contributed by atoms with Gasteiger partial charge in [0.2, 0.25) is 5.60 Å². The van der Waals surface area contributed by atoms with Crippen molar-refractivity contribution in [3.63, 3.8) is 0 Å². The first-order chi connectivity index (χ1) is 20.2. The minimum absolute atomic E-state index is 0.0391. The number of hydrogen-bond acceptors (Lipinski definition) is 5. The number of carbonyl (C=O) groups excluding carboxylic acids is 2. The SMILES string of the molecule is CN(CCO)C(=O)c1ccc(N2CCC(C3CCN(C(=O)C(O)(c4ccccc4)C(F)(F)C(F)(F)F)CC3)CC2)cc1Cl. The molecule has 2 N–H and O–H groups in total. The topological polar surface area (TPSA) is 84.3 Å². The fraction of sp³-hybridized carbons (Fsp3) is 0.533. The summed E-state index contributed by atoms with van der Waals surface area (Å²) < 4.78 is 69.7. The molecular formula is C30H35ClF5N3O4. The van der Waals surface area contributed by atoms with Crippen molar-refractivity contribution in [2.75, 3.05) is 51.3 Å². The molecule has 2 aliphatic heterocycles. The lowest BCUT2D eigenvalue weighted by Crippen LogP contribution is -2.63. The first kappa shape index (κ1) is 32.9. The molecule has 0 aromatic heterocycles.